The maximum atomic E-state index is 13.3. The fourth-order valence-corrected chi connectivity index (χ4v) is 4.03. The zero-order valence-electron chi connectivity index (χ0n) is 11.2. The van der Waals surface area contributed by atoms with E-state index in [4.69, 9.17) is 5.73 Å². The van der Waals surface area contributed by atoms with Crippen molar-refractivity contribution in [2.45, 2.75) is 50.5 Å². The zero-order chi connectivity index (χ0) is 13.6. The molecule has 3 rings (SSSR count). The number of hydrogen-bond donors (Lipinski definition) is 1. The van der Waals surface area contributed by atoms with Crippen LogP contribution in [0.15, 0.2) is 0 Å². The number of carbonyl (C=O) groups is 1. The van der Waals surface area contributed by atoms with E-state index in [1.165, 1.54) is 0 Å². The second kappa shape index (κ2) is 4.69. The Morgan fingerprint density at radius 1 is 1.16 bits per heavy atom. The Balaban J connectivity index is 1.58. The first-order chi connectivity index (χ1) is 8.96. The van der Waals surface area contributed by atoms with Crippen LogP contribution in [-0.4, -0.2) is 35.9 Å². The van der Waals surface area contributed by atoms with Gasteiger partial charge in [0, 0.05) is 37.9 Å². The topological polar surface area (TPSA) is 46.3 Å². The fourth-order valence-electron chi connectivity index (χ4n) is 4.03. The Hall–Kier alpha value is -0.710. The van der Waals surface area contributed by atoms with E-state index in [-0.39, 0.29) is 37.3 Å². The molecule has 0 aromatic carbocycles. The van der Waals surface area contributed by atoms with Gasteiger partial charge in [-0.05, 0) is 37.5 Å². The van der Waals surface area contributed by atoms with Gasteiger partial charge in [0.2, 0.25) is 11.8 Å². The second-order valence-electron chi connectivity index (χ2n) is 6.53. The molecule has 0 aromatic rings. The lowest BCUT2D eigenvalue weighted by molar-refractivity contribution is -0.135. The van der Waals surface area contributed by atoms with Gasteiger partial charge in [0.15, 0.2) is 0 Å². The molecule has 2 N–H and O–H groups in total. The average Bonchev–Trinajstić information content (AvgIpc) is 2.59. The number of halogens is 2. The molecule has 0 radical (unpaired) electrons. The molecule has 0 aromatic heterocycles. The van der Waals surface area contributed by atoms with E-state index in [0.29, 0.717) is 24.8 Å². The summed E-state index contributed by atoms with van der Waals surface area (Å²) in [6.45, 7) is 0.704. The number of nitrogens with zero attached hydrogens (tertiary/aromatic N) is 1. The molecule has 3 nitrogen and oxygen atoms in total. The van der Waals surface area contributed by atoms with Crippen molar-refractivity contribution in [3.63, 3.8) is 0 Å². The highest BCUT2D eigenvalue weighted by atomic mass is 19.3. The van der Waals surface area contributed by atoms with Gasteiger partial charge in [-0.25, -0.2) is 8.78 Å². The second-order valence-corrected chi connectivity index (χ2v) is 6.53. The summed E-state index contributed by atoms with van der Waals surface area (Å²) in [6.07, 6.45) is 2.97. The molecule has 3 aliphatic rings. The van der Waals surface area contributed by atoms with E-state index in [1.54, 1.807) is 4.90 Å². The van der Waals surface area contributed by atoms with Crippen molar-refractivity contribution in [2.24, 2.45) is 23.5 Å². The Bertz CT molecular complexity index is 374. The average molecular weight is 272 g/mol. The summed E-state index contributed by atoms with van der Waals surface area (Å²) in [4.78, 5) is 14.1. The Morgan fingerprint density at radius 3 is 2.63 bits per heavy atom. The van der Waals surface area contributed by atoms with Crippen molar-refractivity contribution >= 4 is 5.91 Å². The smallest absolute Gasteiger partial charge is 0.249 e. The minimum absolute atomic E-state index is 0.0373. The van der Waals surface area contributed by atoms with Crippen LogP contribution in [0.2, 0.25) is 0 Å². The van der Waals surface area contributed by atoms with Crippen molar-refractivity contribution in [3.8, 4) is 0 Å². The highest BCUT2D eigenvalue weighted by molar-refractivity contribution is 5.79. The van der Waals surface area contributed by atoms with Gasteiger partial charge in [0.05, 0.1) is 0 Å². The van der Waals surface area contributed by atoms with Crippen LogP contribution in [0.4, 0.5) is 8.78 Å². The number of nitrogens with two attached hydrogens (primary N) is 1. The molecule has 2 aliphatic carbocycles. The minimum atomic E-state index is -2.59. The number of fused-ring (bicyclic) bond motifs is 1. The fraction of sp³-hybridized carbons (Fsp3) is 0.929. The van der Waals surface area contributed by atoms with Gasteiger partial charge in [0.25, 0.3) is 0 Å². The molecule has 1 heterocycles. The zero-order valence-corrected chi connectivity index (χ0v) is 11.2. The maximum Gasteiger partial charge on any atom is 0.249 e. The third-order valence-electron chi connectivity index (χ3n) is 5.25. The standard InChI is InChI=1S/C14H22F2N2O/c15-14(16)2-1-4-18(5-3-14)13(19)10-6-9-8-12(17)11(9)7-10/h9-12H,1-8,17H2. The first-order valence-electron chi connectivity index (χ1n) is 7.38. The number of hydrogen-bond acceptors (Lipinski definition) is 2. The van der Waals surface area contributed by atoms with E-state index in [2.05, 4.69) is 0 Å². The molecule has 5 heteroatoms. The lowest BCUT2D eigenvalue weighted by atomic mass is 9.72. The van der Waals surface area contributed by atoms with Gasteiger partial charge in [0.1, 0.15) is 0 Å². The molecule has 108 valence electrons. The van der Waals surface area contributed by atoms with Crippen LogP contribution in [0.3, 0.4) is 0 Å². The quantitative estimate of drug-likeness (QED) is 0.793. The van der Waals surface area contributed by atoms with Gasteiger partial charge in [-0.3, -0.25) is 4.79 Å². The van der Waals surface area contributed by atoms with E-state index >= 15 is 0 Å². The summed E-state index contributed by atoms with van der Waals surface area (Å²) < 4.78 is 26.6. The number of amides is 1. The SMILES string of the molecule is NC1CC2CC(C(=O)N3CCCC(F)(F)CC3)CC12. The third kappa shape index (κ3) is 2.49. The molecule has 4 atom stereocenters. The van der Waals surface area contributed by atoms with E-state index in [1.807, 2.05) is 0 Å². The summed E-state index contributed by atoms with van der Waals surface area (Å²) in [5, 5.41) is 0. The normalized spacial score (nSPS) is 41.3. The van der Waals surface area contributed by atoms with Gasteiger partial charge in [-0.2, -0.15) is 0 Å². The predicted octanol–water partition coefficient (Wildman–Crippen LogP) is 2.01. The highest BCUT2D eigenvalue weighted by Crippen LogP contribution is 2.49. The van der Waals surface area contributed by atoms with E-state index in [0.717, 1.165) is 19.3 Å². The van der Waals surface area contributed by atoms with Gasteiger partial charge < -0.3 is 10.6 Å². The molecule has 0 bridgehead atoms. The number of alkyl halides is 2. The van der Waals surface area contributed by atoms with Crippen molar-refractivity contribution in [1.29, 1.82) is 0 Å². The molecule has 3 fully saturated rings. The Morgan fingerprint density at radius 2 is 1.95 bits per heavy atom. The van der Waals surface area contributed by atoms with Gasteiger partial charge in [-0.15, -0.1) is 0 Å². The molecule has 2 saturated carbocycles. The summed E-state index contributed by atoms with van der Waals surface area (Å²) in [6, 6.07) is 0.260. The van der Waals surface area contributed by atoms with Crippen molar-refractivity contribution < 1.29 is 13.6 Å². The predicted molar refractivity (Wildman–Crippen MR) is 67.7 cm³/mol. The first-order valence-corrected chi connectivity index (χ1v) is 7.38. The highest BCUT2D eigenvalue weighted by Gasteiger charge is 2.48. The minimum Gasteiger partial charge on any atom is -0.342 e. The van der Waals surface area contributed by atoms with Gasteiger partial charge >= 0.3 is 0 Å². The molecule has 1 aliphatic heterocycles. The summed E-state index contributed by atoms with van der Waals surface area (Å²) in [5.41, 5.74) is 5.94. The lowest BCUT2D eigenvalue weighted by Crippen LogP contribution is -2.44. The van der Waals surface area contributed by atoms with Crippen LogP contribution in [0.25, 0.3) is 0 Å². The van der Waals surface area contributed by atoms with Crippen LogP contribution in [-0.2, 0) is 4.79 Å². The van der Waals surface area contributed by atoms with Crippen LogP contribution >= 0.6 is 0 Å². The summed E-state index contributed by atoms with van der Waals surface area (Å²) >= 11 is 0. The van der Waals surface area contributed by atoms with E-state index < -0.39 is 5.92 Å². The number of rotatable bonds is 1. The molecule has 4 unspecified atom stereocenters. The summed E-state index contributed by atoms with van der Waals surface area (Å²) in [5.74, 6) is -1.35. The molecule has 19 heavy (non-hydrogen) atoms. The van der Waals surface area contributed by atoms with Crippen molar-refractivity contribution in [2.75, 3.05) is 13.1 Å². The van der Waals surface area contributed by atoms with Crippen LogP contribution < -0.4 is 5.73 Å². The largest absolute Gasteiger partial charge is 0.342 e. The monoisotopic (exact) mass is 272 g/mol. The van der Waals surface area contributed by atoms with Gasteiger partial charge in [-0.1, -0.05) is 0 Å². The van der Waals surface area contributed by atoms with E-state index in [9.17, 15) is 13.6 Å². The maximum absolute atomic E-state index is 13.3. The third-order valence-corrected chi connectivity index (χ3v) is 5.25. The first kappa shape index (κ1) is 13.3. The molecular formula is C14H22F2N2O. The van der Waals surface area contributed by atoms with Crippen LogP contribution in [0.1, 0.15) is 38.5 Å². The summed E-state index contributed by atoms with van der Waals surface area (Å²) in [7, 11) is 0. The van der Waals surface area contributed by atoms with Crippen LogP contribution in [0.5, 0.6) is 0 Å². The number of likely N-dealkylation sites (tertiary alicyclic amines) is 1. The molecule has 1 saturated heterocycles. The lowest BCUT2D eigenvalue weighted by Gasteiger charge is -2.37. The Labute approximate surface area is 112 Å². The molecule has 1 amide bonds. The number of carbonyl (C=O) groups excluding carboxylic acids is 1. The molecule has 0 spiro atoms. The van der Waals surface area contributed by atoms with Crippen molar-refractivity contribution in [1.82, 2.24) is 4.90 Å². The van der Waals surface area contributed by atoms with Crippen molar-refractivity contribution in [3.05, 3.63) is 0 Å². The molecular weight excluding hydrogens is 250 g/mol. The Kier molecular flexibility index (Phi) is 3.28. The van der Waals surface area contributed by atoms with Crippen LogP contribution in [0, 0.1) is 17.8 Å².